The van der Waals surface area contributed by atoms with E-state index in [-0.39, 0.29) is 30.1 Å². The van der Waals surface area contributed by atoms with Gasteiger partial charge in [-0.15, -0.1) is 11.6 Å². The fraction of sp³-hybridized carbons (Fsp3) is 0.846. The summed E-state index contributed by atoms with van der Waals surface area (Å²) in [7, 11) is 0. The van der Waals surface area contributed by atoms with Crippen molar-refractivity contribution in [2.24, 2.45) is 17.8 Å². The molecule has 2 atom stereocenters. The van der Waals surface area contributed by atoms with Crippen molar-refractivity contribution < 1.29 is 19.1 Å². The molecule has 0 aromatic heterocycles. The van der Waals surface area contributed by atoms with Crippen molar-refractivity contribution in [2.45, 2.75) is 37.7 Å². The van der Waals surface area contributed by atoms with Gasteiger partial charge in [0.1, 0.15) is 11.7 Å². The Kier molecular flexibility index (Phi) is 3.10. The highest BCUT2D eigenvalue weighted by atomic mass is 35.5. The van der Waals surface area contributed by atoms with Crippen LogP contribution < -0.4 is 0 Å². The zero-order chi connectivity index (χ0) is 12.8. The number of carbonyl (C=O) groups excluding carboxylic acids is 2. The average Bonchev–Trinajstić information content (AvgIpc) is 2.34. The maximum Gasteiger partial charge on any atom is 0.322 e. The van der Waals surface area contributed by atoms with Crippen molar-refractivity contribution >= 4 is 23.4 Å². The summed E-state index contributed by atoms with van der Waals surface area (Å²) < 4.78 is 10.7. The minimum atomic E-state index is -0.461. The lowest BCUT2D eigenvalue weighted by molar-refractivity contribution is -0.208. The Labute approximate surface area is 111 Å². The molecule has 0 aromatic carbocycles. The number of esters is 1. The van der Waals surface area contributed by atoms with Gasteiger partial charge < -0.3 is 9.47 Å². The van der Waals surface area contributed by atoms with E-state index in [0.717, 1.165) is 32.1 Å². The summed E-state index contributed by atoms with van der Waals surface area (Å²) in [5.74, 6) is 0.798. The van der Waals surface area contributed by atoms with E-state index in [1.54, 1.807) is 0 Å². The van der Waals surface area contributed by atoms with Gasteiger partial charge in [0.05, 0.1) is 5.60 Å². The number of hydrogen-bond acceptors (Lipinski definition) is 4. The minimum Gasteiger partial charge on any atom is -0.438 e. The van der Waals surface area contributed by atoms with Crippen LogP contribution in [0.15, 0.2) is 0 Å². The van der Waals surface area contributed by atoms with Gasteiger partial charge in [0.2, 0.25) is 0 Å². The molecule has 0 amide bonds. The first-order chi connectivity index (χ1) is 8.62. The van der Waals surface area contributed by atoms with Crippen LogP contribution in [-0.4, -0.2) is 30.0 Å². The molecule has 0 saturated heterocycles. The standard InChI is InChI=1S/C13H17ClO4/c14-6-11(15)17-7-18-13-3-8-1-9(4-13)12(16)10(2-8)5-13/h8-10H,1-7H2. The highest BCUT2D eigenvalue weighted by Gasteiger charge is 2.55. The number of ketones is 1. The first-order valence-corrected chi connectivity index (χ1v) is 7.04. The molecule has 0 heterocycles. The van der Waals surface area contributed by atoms with E-state index >= 15 is 0 Å². The van der Waals surface area contributed by atoms with Gasteiger partial charge in [-0.1, -0.05) is 0 Å². The molecule has 100 valence electrons. The second-order valence-electron chi connectivity index (χ2n) is 5.84. The summed E-state index contributed by atoms with van der Waals surface area (Å²) in [6.45, 7) is -0.0358. The average molecular weight is 273 g/mol. The monoisotopic (exact) mass is 272 g/mol. The topological polar surface area (TPSA) is 52.6 Å². The van der Waals surface area contributed by atoms with Gasteiger partial charge >= 0.3 is 5.97 Å². The Morgan fingerprint density at radius 2 is 1.94 bits per heavy atom. The fourth-order valence-corrected chi connectivity index (χ4v) is 4.19. The van der Waals surface area contributed by atoms with Crippen molar-refractivity contribution in [1.82, 2.24) is 0 Å². The Balaban J connectivity index is 1.62. The molecule has 0 N–H and O–H groups in total. The summed E-state index contributed by atoms with van der Waals surface area (Å²) in [4.78, 5) is 22.9. The van der Waals surface area contributed by atoms with E-state index in [1.165, 1.54) is 0 Å². The van der Waals surface area contributed by atoms with Crippen LogP contribution >= 0.6 is 11.6 Å². The zero-order valence-corrected chi connectivity index (χ0v) is 10.9. The lowest BCUT2D eigenvalue weighted by Gasteiger charge is -2.54. The first kappa shape index (κ1) is 12.4. The van der Waals surface area contributed by atoms with Crippen molar-refractivity contribution in [3.05, 3.63) is 0 Å². The molecular formula is C13H17ClO4. The molecule has 18 heavy (non-hydrogen) atoms. The summed E-state index contributed by atoms with van der Waals surface area (Å²) in [5, 5.41) is 0. The molecule has 0 aliphatic heterocycles. The molecule has 0 radical (unpaired) electrons. The lowest BCUT2D eigenvalue weighted by atomic mass is 9.53. The highest BCUT2D eigenvalue weighted by Crippen LogP contribution is 2.55. The fourth-order valence-electron chi connectivity index (χ4n) is 4.11. The van der Waals surface area contributed by atoms with Crippen molar-refractivity contribution in [3.8, 4) is 0 Å². The van der Waals surface area contributed by atoms with Gasteiger partial charge in [-0.3, -0.25) is 9.59 Å². The predicted octanol–water partition coefficient (Wildman–Crippen LogP) is 1.89. The maximum atomic E-state index is 12.0. The molecule has 2 unspecified atom stereocenters. The lowest BCUT2D eigenvalue weighted by Crippen LogP contribution is -2.56. The van der Waals surface area contributed by atoms with Crippen LogP contribution in [0.2, 0.25) is 0 Å². The number of ether oxygens (including phenoxy) is 2. The molecule has 4 fully saturated rings. The van der Waals surface area contributed by atoms with Crippen molar-refractivity contribution in [1.29, 1.82) is 0 Å². The first-order valence-electron chi connectivity index (χ1n) is 6.51. The number of halogens is 1. The summed E-state index contributed by atoms with van der Waals surface area (Å²) in [6, 6.07) is 0. The van der Waals surface area contributed by atoms with E-state index in [2.05, 4.69) is 0 Å². The molecule has 0 spiro atoms. The van der Waals surface area contributed by atoms with Crippen molar-refractivity contribution in [2.75, 3.05) is 12.7 Å². The Morgan fingerprint density at radius 1 is 1.28 bits per heavy atom. The molecule has 4 rings (SSSR count). The van der Waals surface area contributed by atoms with E-state index in [1.807, 2.05) is 0 Å². The second kappa shape index (κ2) is 4.49. The van der Waals surface area contributed by atoms with Crippen LogP contribution in [0.5, 0.6) is 0 Å². The number of hydrogen-bond donors (Lipinski definition) is 0. The molecule has 4 aliphatic carbocycles. The molecule has 4 aliphatic rings. The van der Waals surface area contributed by atoms with Crippen LogP contribution in [0, 0.1) is 17.8 Å². The third-order valence-electron chi connectivity index (χ3n) is 4.63. The molecule has 0 aromatic rings. The number of Topliss-reactive ketones (excluding diaryl/α,β-unsaturated/α-hetero) is 1. The predicted molar refractivity (Wildman–Crippen MR) is 64.1 cm³/mol. The van der Waals surface area contributed by atoms with Crippen LogP contribution in [0.1, 0.15) is 32.1 Å². The van der Waals surface area contributed by atoms with Gasteiger partial charge in [-0.25, -0.2) is 0 Å². The van der Waals surface area contributed by atoms with E-state index in [4.69, 9.17) is 21.1 Å². The van der Waals surface area contributed by atoms with Gasteiger partial charge in [0, 0.05) is 11.8 Å². The molecule has 4 nitrogen and oxygen atoms in total. The number of carbonyl (C=O) groups is 2. The highest BCUT2D eigenvalue weighted by molar-refractivity contribution is 6.26. The summed E-state index contributed by atoms with van der Waals surface area (Å²) >= 11 is 5.35. The quantitative estimate of drug-likeness (QED) is 0.446. The van der Waals surface area contributed by atoms with E-state index in [0.29, 0.717) is 11.7 Å². The SMILES string of the molecule is O=C(CCl)OCOC12CC3CC(C1)C(=O)C(C3)C2. The molecule has 4 bridgehead atoms. The third kappa shape index (κ3) is 2.05. The van der Waals surface area contributed by atoms with E-state index in [9.17, 15) is 9.59 Å². The van der Waals surface area contributed by atoms with Gasteiger partial charge in [-0.05, 0) is 38.0 Å². The normalized spacial score (nSPS) is 41.2. The Bertz CT molecular complexity index is 363. The molecule has 4 saturated carbocycles. The minimum absolute atomic E-state index is 0.0358. The van der Waals surface area contributed by atoms with Gasteiger partial charge in [0.15, 0.2) is 6.79 Å². The Morgan fingerprint density at radius 3 is 2.56 bits per heavy atom. The largest absolute Gasteiger partial charge is 0.438 e. The smallest absolute Gasteiger partial charge is 0.322 e. The van der Waals surface area contributed by atoms with Crippen LogP contribution in [-0.2, 0) is 19.1 Å². The molecular weight excluding hydrogens is 256 g/mol. The Hall–Kier alpha value is -0.610. The van der Waals surface area contributed by atoms with E-state index < -0.39 is 5.97 Å². The van der Waals surface area contributed by atoms with Crippen LogP contribution in [0.4, 0.5) is 0 Å². The summed E-state index contributed by atoms with van der Waals surface area (Å²) in [6.07, 6.45) is 4.67. The van der Waals surface area contributed by atoms with Crippen LogP contribution in [0.25, 0.3) is 0 Å². The van der Waals surface area contributed by atoms with Crippen LogP contribution in [0.3, 0.4) is 0 Å². The number of rotatable bonds is 4. The maximum absolute atomic E-state index is 12.0. The third-order valence-corrected chi connectivity index (χ3v) is 4.85. The number of alkyl halides is 1. The van der Waals surface area contributed by atoms with Crippen molar-refractivity contribution in [3.63, 3.8) is 0 Å². The second-order valence-corrected chi connectivity index (χ2v) is 6.11. The molecule has 5 heteroatoms. The summed E-state index contributed by atoms with van der Waals surface area (Å²) in [5.41, 5.74) is -0.225. The zero-order valence-electron chi connectivity index (χ0n) is 10.2. The van der Waals surface area contributed by atoms with Gasteiger partial charge in [0.25, 0.3) is 0 Å². The van der Waals surface area contributed by atoms with Gasteiger partial charge in [-0.2, -0.15) is 0 Å².